The van der Waals surface area contributed by atoms with Gasteiger partial charge in [0.15, 0.2) is 0 Å². The van der Waals surface area contributed by atoms with E-state index in [-0.39, 0.29) is 0 Å². The number of para-hydroxylation sites is 2. The summed E-state index contributed by atoms with van der Waals surface area (Å²) >= 11 is 0. The van der Waals surface area contributed by atoms with Crippen molar-refractivity contribution in [2.45, 2.75) is 20.4 Å². The third-order valence-electron chi connectivity index (χ3n) is 2.86. The summed E-state index contributed by atoms with van der Waals surface area (Å²) in [5, 5.41) is 0. The second kappa shape index (κ2) is 3.73. The van der Waals surface area contributed by atoms with Crippen molar-refractivity contribution in [2.75, 3.05) is 0 Å². The standard InChI is InChI=1S/C13H14N4/c1-9-7-17(10(2)14-9)8-13-15-11-5-3-4-6-12(11)16-13/h3-7H,8H2,1-2H3,(H,15,16). The molecule has 0 saturated carbocycles. The Morgan fingerprint density at radius 1 is 1.18 bits per heavy atom. The van der Waals surface area contributed by atoms with Gasteiger partial charge in [-0.2, -0.15) is 0 Å². The third kappa shape index (κ3) is 1.82. The van der Waals surface area contributed by atoms with Gasteiger partial charge in [0.05, 0.1) is 23.3 Å². The Morgan fingerprint density at radius 2 is 2.00 bits per heavy atom. The molecule has 3 aromatic rings. The van der Waals surface area contributed by atoms with E-state index < -0.39 is 0 Å². The molecule has 0 unspecified atom stereocenters. The van der Waals surface area contributed by atoms with Crippen molar-refractivity contribution in [2.24, 2.45) is 0 Å². The van der Waals surface area contributed by atoms with Gasteiger partial charge in [-0.25, -0.2) is 9.97 Å². The number of hydrogen-bond donors (Lipinski definition) is 1. The molecule has 2 aromatic heterocycles. The van der Waals surface area contributed by atoms with Gasteiger partial charge < -0.3 is 9.55 Å². The number of aromatic amines is 1. The topological polar surface area (TPSA) is 46.5 Å². The Kier molecular flexibility index (Phi) is 2.21. The van der Waals surface area contributed by atoms with Crippen LogP contribution in [0, 0.1) is 13.8 Å². The molecule has 0 bridgehead atoms. The molecule has 0 spiro atoms. The lowest BCUT2D eigenvalue weighted by atomic mass is 10.3. The quantitative estimate of drug-likeness (QED) is 0.729. The lowest BCUT2D eigenvalue weighted by Crippen LogP contribution is -2.02. The van der Waals surface area contributed by atoms with Gasteiger partial charge in [0.25, 0.3) is 0 Å². The summed E-state index contributed by atoms with van der Waals surface area (Å²) in [6.45, 7) is 4.75. The van der Waals surface area contributed by atoms with Gasteiger partial charge in [-0.1, -0.05) is 12.1 Å². The molecule has 1 aromatic carbocycles. The van der Waals surface area contributed by atoms with Crippen molar-refractivity contribution in [3.63, 3.8) is 0 Å². The van der Waals surface area contributed by atoms with Gasteiger partial charge in [0.2, 0.25) is 0 Å². The fourth-order valence-corrected chi connectivity index (χ4v) is 2.07. The number of aryl methyl sites for hydroxylation is 2. The van der Waals surface area contributed by atoms with E-state index in [1.54, 1.807) is 0 Å². The van der Waals surface area contributed by atoms with Gasteiger partial charge in [0.1, 0.15) is 11.6 Å². The van der Waals surface area contributed by atoms with Crippen LogP contribution < -0.4 is 0 Å². The van der Waals surface area contributed by atoms with Gasteiger partial charge in [-0.15, -0.1) is 0 Å². The van der Waals surface area contributed by atoms with Crippen LogP contribution in [0.4, 0.5) is 0 Å². The molecule has 0 radical (unpaired) electrons. The first-order chi connectivity index (χ1) is 8.22. The number of benzene rings is 1. The molecular formula is C13H14N4. The lowest BCUT2D eigenvalue weighted by Gasteiger charge is -2.00. The first kappa shape index (κ1) is 10.1. The number of rotatable bonds is 2. The summed E-state index contributed by atoms with van der Waals surface area (Å²) in [5.41, 5.74) is 3.13. The third-order valence-corrected chi connectivity index (χ3v) is 2.86. The van der Waals surface area contributed by atoms with Crippen LogP contribution in [-0.2, 0) is 6.54 Å². The molecule has 2 heterocycles. The SMILES string of the molecule is Cc1cn(Cc2nc3ccccc3[nH]2)c(C)n1. The Hall–Kier alpha value is -2.10. The number of H-pyrrole nitrogens is 1. The average Bonchev–Trinajstić information content (AvgIpc) is 2.82. The molecule has 0 aliphatic carbocycles. The van der Waals surface area contributed by atoms with Crippen molar-refractivity contribution in [3.05, 3.63) is 47.8 Å². The Labute approximate surface area is 99.3 Å². The van der Waals surface area contributed by atoms with Crippen LogP contribution in [0.2, 0.25) is 0 Å². The lowest BCUT2D eigenvalue weighted by molar-refractivity contribution is 0.729. The zero-order valence-corrected chi connectivity index (χ0v) is 9.94. The van der Waals surface area contributed by atoms with Gasteiger partial charge in [-0.05, 0) is 26.0 Å². The number of aromatic nitrogens is 4. The fourth-order valence-electron chi connectivity index (χ4n) is 2.07. The largest absolute Gasteiger partial charge is 0.340 e. The monoisotopic (exact) mass is 226 g/mol. The first-order valence-corrected chi connectivity index (χ1v) is 5.66. The molecule has 17 heavy (non-hydrogen) atoms. The maximum Gasteiger partial charge on any atom is 0.127 e. The molecule has 0 amide bonds. The average molecular weight is 226 g/mol. The van der Waals surface area contributed by atoms with Gasteiger partial charge in [0, 0.05) is 6.20 Å². The molecule has 4 nitrogen and oxygen atoms in total. The van der Waals surface area contributed by atoms with Crippen molar-refractivity contribution >= 4 is 11.0 Å². The molecule has 3 rings (SSSR count). The second-order valence-electron chi connectivity index (χ2n) is 4.26. The minimum absolute atomic E-state index is 0.737. The molecule has 0 fully saturated rings. The Morgan fingerprint density at radius 3 is 2.71 bits per heavy atom. The van der Waals surface area contributed by atoms with Crippen molar-refractivity contribution in [1.82, 2.24) is 19.5 Å². The molecule has 0 saturated heterocycles. The minimum atomic E-state index is 0.737. The summed E-state index contributed by atoms with van der Waals surface area (Å²) < 4.78 is 2.10. The highest BCUT2D eigenvalue weighted by Gasteiger charge is 2.05. The van der Waals surface area contributed by atoms with E-state index >= 15 is 0 Å². The second-order valence-corrected chi connectivity index (χ2v) is 4.26. The Bertz CT molecular complexity index is 630. The molecule has 86 valence electrons. The first-order valence-electron chi connectivity index (χ1n) is 5.66. The molecule has 1 N–H and O–H groups in total. The Balaban J connectivity index is 1.97. The summed E-state index contributed by atoms with van der Waals surface area (Å²) in [7, 11) is 0. The summed E-state index contributed by atoms with van der Waals surface area (Å²) in [4.78, 5) is 12.3. The number of fused-ring (bicyclic) bond motifs is 1. The van der Waals surface area contributed by atoms with E-state index in [0.717, 1.165) is 34.9 Å². The zero-order valence-electron chi connectivity index (χ0n) is 9.94. The van der Waals surface area contributed by atoms with Crippen LogP contribution in [0.25, 0.3) is 11.0 Å². The van der Waals surface area contributed by atoms with Crippen molar-refractivity contribution in [3.8, 4) is 0 Å². The van der Waals surface area contributed by atoms with Crippen LogP contribution in [0.3, 0.4) is 0 Å². The molecule has 0 atom stereocenters. The highest BCUT2D eigenvalue weighted by atomic mass is 15.1. The molecular weight excluding hydrogens is 212 g/mol. The molecule has 4 heteroatoms. The van der Waals surface area contributed by atoms with Gasteiger partial charge >= 0.3 is 0 Å². The molecule has 0 aliphatic rings. The normalized spacial score (nSPS) is 11.2. The van der Waals surface area contributed by atoms with Crippen LogP contribution in [0.1, 0.15) is 17.3 Å². The van der Waals surface area contributed by atoms with E-state index in [1.165, 1.54) is 0 Å². The summed E-state index contributed by atoms with van der Waals surface area (Å²) in [6.07, 6.45) is 2.04. The van der Waals surface area contributed by atoms with Crippen LogP contribution >= 0.6 is 0 Å². The van der Waals surface area contributed by atoms with Crippen LogP contribution in [-0.4, -0.2) is 19.5 Å². The van der Waals surface area contributed by atoms with Crippen LogP contribution in [0.15, 0.2) is 30.5 Å². The fraction of sp³-hybridized carbons (Fsp3) is 0.231. The smallest absolute Gasteiger partial charge is 0.127 e. The predicted molar refractivity (Wildman–Crippen MR) is 66.9 cm³/mol. The highest BCUT2D eigenvalue weighted by molar-refractivity contribution is 5.74. The number of hydrogen-bond acceptors (Lipinski definition) is 2. The van der Waals surface area contributed by atoms with E-state index in [1.807, 2.05) is 44.3 Å². The minimum Gasteiger partial charge on any atom is -0.340 e. The highest BCUT2D eigenvalue weighted by Crippen LogP contribution is 2.12. The maximum absolute atomic E-state index is 4.55. The molecule has 0 aliphatic heterocycles. The zero-order chi connectivity index (χ0) is 11.8. The maximum atomic E-state index is 4.55. The van der Waals surface area contributed by atoms with Crippen LogP contribution in [0.5, 0.6) is 0 Å². The van der Waals surface area contributed by atoms with E-state index in [2.05, 4.69) is 19.5 Å². The van der Waals surface area contributed by atoms with Crippen molar-refractivity contribution in [1.29, 1.82) is 0 Å². The van der Waals surface area contributed by atoms with E-state index in [4.69, 9.17) is 0 Å². The summed E-state index contributed by atoms with van der Waals surface area (Å²) in [6, 6.07) is 8.07. The van der Waals surface area contributed by atoms with Crippen molar-refractivity contribution < 1.29 is 0 Å². The summed E-state index contributed by atoms with van der Waals surface area (Å²) in [5.74, 6) is 1.98. The number of imidazole rings is 2. The van der Waals surface area contributed by atoms with E-state index in [0.29, 0.717) is 0 Å². The predicted octanol–water partition coefficient (Wildman–Crippen LogP) is 2.42. The van der Waals surface area contributed by atoms with E-state index in [9.17, 15) is 0 Å². The number of nitrogens with one attached hydrogen (secondary N) is 1. The number of nitrogens with zero attached hydrogens (tertiary/aromatic N) is 3. The van der Waals surface area contributed by atoms with Gasteiger partial charge in [-0.3, -0.25) is 0 Å².